The minimum Gasteiger partial charge on any atom is -0.298 e. The van der Waals surface area contributed by atoms with Crippen molar-refractivity contribution < 1.29 is 9.18 Å². The van der Waals surface area contributed by atoms with Crippen molar-refractivity contribution in [1.82, 2.24) is 0 Å². The normalized spacial score (nSPS) is 16.1. The van der Waals surface area contributed by atoms with E-state index in [4.69, 9.17) is 11.6 Å². The van der Waals surface area contributed by atoms with Crippen molar-refractivity contribution in [3.05, 3.63) is 34.6 Å². The topological polar surface area (TPSA) is 17.1 Å². The van der Waals surface area contributed by atoms with Crippen LogP contribution in [-0.4, -0.2) is 16.8 Å². The van der Waals surface area contributed by atoms with E-state index in [-0.39, 0.29) is 18.0 Å². The summed E-state index contributed by atoms with van der Waals surface area (Å²) < 4.78 is 13.5. The highest BCUT2D eigenvalue weighted by atomic mass is 35.5. The first-order chi connectivity index (χ1) is 8.65. The van der Waals surface area contributed by atoms with Crippen LogP contribution in [0.4, 0.5) is 4.39 Å². The molecule has 0 bridgehead atoms. The van der Waals surface area contributed by atoms with Crippen LogP contribution in [0.2, 0.25) is 5.02 Å². The maximum Gasteiger partial charge on any atom is 0.147 e. The van der Waals surface area contributed by atoms with Gasteiger partial charge in [-0.05, 0) is 36.6 Å². The van der Waals surface area contributed by atoms with Crippen molar-refractivity contribution in [2.24, 2.45) is 0 Å². The molecule has 1 aliphatic rings. The molecule has 0 heterocycles. The van der Waals surface area contributed by atoms with Crippen molar-refractivity contribution in [1.29, 1.82) is 0 Å². The van der Waals surface area contributed by atoms with Crippen LogP contribution < -0.4 is 0 Å². The van der Waals surface area contributed by atoms with E-state index < -0.39 is 0 Å². The number of benzene rings is 1. The van der Waals surface area contributed by atoms with E-state index >= 15 is 0 Å². The van der Waals surface area contributed by atoms with Crippen LogP contribution in [-0.2, 0) is 11.2 Å². The zero-order chi connectivity index (χ0) is 13.0. The predicted molar refractivity (Wildman–Crippen MR) is 74.8 cm³/mol. The molecular weight excluding hydrogens is 271 g/mol. The Balaban J connectivity index is 1.84. The van der Waals surface area contributed by atoms with E-state index in [2.05, 4.69) is 0 Å². The molecule has 0 saturated heterocycles. The van der Waals surface area contributed by atoms with E-state index in [9.17, 15) is 9.18 Å². The molecule has 18 heavy (non-hydrogen) atoms. The van der Waals surface area contributed by atoms with Crippen molar-refractivity contribution in [3.8, 4) is 0 Å². The standard InChI is InChI=1S/C14H16ClFOS/c15-11-5-6-14(16)10(7-11)8-12(17)9-18-13-3-1-2-4-13/h5-7,13H,1-4,8-9H2. The molecule has 98 valence electrons. The summed E-state index contributed by atoms with van der Waals surface area (Å²) in [5.74, 6) is 0.211. The lowest BCUT2D eigenvalue weighted by atomic mass is 10.1. The van der Waals surface area contributed by atoms with E-state index in [0.717, 1.165) is 0 Å². The minimum absolute atomic E-state index is 0.0769. The predicted octanol–water partition coefficient (Wildman–Crippen LogP) is 4.27. The quantitative estimate of drug-likeness (QED) is 0.804. The second-order valence-electron chi connectivity index (χ2n) is 4.67. The fraction of sp³-hybridized carbons (Fsp3) is 0.500. The molecule has 0 amide bonds. The monoisotopic (exact) mass is 286 g/mol. The molecule has 1 aromatic rings. The summed E-state index contributed by atoms with van der Waals surface area (Å²) in [4.78, 5) is 11.8. The third-order valence-electron chi connectivity index (χ3n) is 3.18. The van der Waals surface area contributed by atoms with Crippen LogP contribution in [0.5, 0.6) is 0 Å². The molecule has 2 rings (SSSR count). The molecule has 0 radical (unpaired) electrons. The van der Waals surface area contributed by atoms with Gasteiger partial charge in [0.25, 0.3) is 0 Å². The molecule has 0 aliphatic heterocycles. The van der Waals surface area contributed by atoms with Gasteiger partial charge in [-0.3, -0.25) is 4.79 Å². The van der Waals surface area contributed by atoms with Gasteiger partial charge in [-0.25, -0.2) is 4.39 Å². The van der Waals surface area contributed by atoms with Gasteiger partial charge in [0.05, 0.1) is 5.75 Å². The number of ketones is 1. The number of hydrogen-bond acceptors (Lipinski definition) is 2. The molecule has 1 aliphatic carbocycles. The summed E-state index contributed by atoms with van der Waals surface area (Å²) in [6, 6.07) is 4.35. The summed E-state index contributed by atoms with van der Waals surface area (Å²) in [6.07, 6.45) is 5.11. The number of halogens is 2. The maximum atomic E-state index is 13.5. The van der Waals surface area contributed by atoms with Gasteiger partial charge in [-0.1, -0.05) is 24.4 Å². The van der Waals surface area contributed by atoms with E-state index in [0.29, 0.717) is 21.6 Å². The molecule has 4 heteroatoms. The lowest BCUT2D eigenvalue weighted by Crippen LogP contribution is -2.10. The van der Waals surface area contributed by atoms with Crippen LogP contribution >= 0.6 is 23.4 Å². The number of thioether (sulfide) groups is 1. The summed E-state index contributed by atoms with van der Waals surface area (Å²) in [5.41, 5.74) is 0.402. The third kappa shape index (κ3) is 3.99. The molecule has 1 fully saturated rings. The van der Waals surface area contributed by atoms with Gasteiger partial charge in [0.2, 0.25) is 0 Å². The molecule has 1 saturated carbocycles. The first-order valence-electron chi connectivity index (χ1n) is 6.22. The summed E-state index contributed by atoms with van der Waals surface area (Å²) in [5, 5.41) is 1.10. The van der Waals surface area contributed by atoms with Gasteiger partial charge in [0.15, 0.2) is 0 Å². The van der Waals surface area contributed by atoms with E-state index in [1.54, 1.807) is 11.8 Å². The second-order valence-corrected chi connectivity index (χ2v) is 6.39. The van der Waals surface area contributed by atoms with Gasteiger partial charge in [-0.2, -0.15) is 11.8 Å². The second kappa shape index (κ2) is 6.58. The first-order valence-corrected chi connectivity index (χ1v) is 7.65. The minimum atomic E-state index is -0.349. The molecule has 0 unspecified atom stereocenters. The number of Topliss-reactive ketones (excluding diaryl/α,β-unsaturated/α-hetero) is 1. The van der Waals surface area contributed by atoms with Crippen LogP contribution in [0.3, 0.4) is 0 Å². The summed E-state index contributed by atoms with van der Waals surface area (Å²) >= 11 is 7.51. The highest BCUT2D eigenvalue weighted by molar-refractivity contribution is 8.00. The third-order valence-corrected chi connectivity index (χ3v) is 4.84. The zero-order valence-corrected chi connectivity index (χ0v) is 11.7. The number of carbonyl (C=O) groups excluding carboxylic acids is 1. The molecule has 0 spiro atoms. The Morgan fingerprint density at radius 1 is 1.39 bits per heavy atom. The Morgan fingerprint density at radius 3 is 2.83 bits per heavy atom. The van der Waals surface area contributed by atoms with Gasteiger partial charge < -0.3 is 0 Å². The van der Waals surface area contributed by atoms with Gasteiger partial charge >= 0.3 is 0 Å². The molecule has 0 N–H and O–H groups in total. The van der Waals surface area contributed by atoms with Crippen LogP contribution in [0.25, 0.3) is 0 Å². The Kier molecular flexibility index (Phi) is 5.07. The summed E-state index contributed by atoms with van der Waals surface area (Å²) in [7, 11) is 0. The van der Waals surface area contributed by atoms with Crippen molar-refractivity contribution >= 4 is 29.1 Å². The lowest BCUT2D eigenvalue weighted by Gasteiger charge is -2.08. The SMILES string of the molecule is O=C(CSC1CCCC1)Cc1cc(Cl)ccc1F. The summed E-state index contributed by atoms with van der Waals surface area (Å²) in [6.45, 7) is 0. The highest BCUT2D eigenvalue weighted by Crippen LogP contribution is 2.29. The smallest absolute Gasteiger partial charge is 0.147 e. The number of carbonyl (C=O) groups is 1. The first kappa shape index (κ1) is 13.9. The highest BCUT2D eigenvalue weighted by Gasteiger charge is 2.17. The van der Waals surface area contributed by atoms with Crippen molar-refractivity contribution in [3.63, 3.8) is 0 Å². The molecule has 0 atom stereocenters. The van der Waals surface area contributed by atoms with E-state index in [1.807, 2.05) is 0 Å². The fourth-order valence-corrected chi connectivity index (χ4v) is 3.59. The van der Waals surface area contributed by atoms with Crippen molar-refractivity contribution in [2.75, 3.05) is 5.75 Å². The van der Waals surface area contributed by atoms with Crippen LogP contribution in [0, 0.1) is 5.82 Å². The lowest BCUT2D eigenvalue weighted by molar-refractivity contribution is -0.116. The van der Waals surface area contributed by atoms with E-state index in [1.165, 1.54) is 43.9 Å². The zero-order valence-electron chi connectivity index (χ0n) is 10.1. The Morgan fingerprint density at radius 2 is 2.11 bits per heavy atom. The van der Waals surface area contributed by atoms with Gasteiger partial charge in [0, 0.05) is 16.7 Å². The van der Waals surface area contributed by atoms with Crippen LogP contribution in [0.1, 0.15) is 31.2 Å². The van der Waals surface area contributed by atoms with Gasteiger partial charge in [0.1, 0.15) is 11.6 Å². The number of hydrogen-bond donors (Lipinski definition) is 0. The Bertz CT molecular complexity index is 430. The average Bonchev–Trinajstić information content (AvgIpc) is 2.84. The van der Waals surface area contributed by atoms with Crippen molar-refractivity contribution in [2.45, 2.75) is 37.4 Å². The van der Waals surface area contributed by atoms with Crippen LogP contribution in [0.15, 0.2) is 18.2 Å². The average molecular weight is 287 g/mol. The molecule has 1 nitrogen and oxygen atoms in total. The molecule has 1 aromatic carbocycles. The number of rotatable bonds is 5. The Labute approximate surface area is 116 Å². The molecular formula is C14H16ClFOS. The maximum absolute atomic E-state index is 13.5. The largest absolute Gasteiger partial charge is 0.298 e. The fourth-order valence-electron chi connectivity index (χ4n) is 2.21. The Hall–Kier alpha value is -0.540. The van der Waals surface area contributed by atoms with Gasteiger partial charge in [-0.15, -0.1) is 0 Å². The molecule has 0 aromatic heterocycles.